The third kappa shape index (κ3) is 4.93. The zero-order chi connectivity index (χ0) is 24.4. The highest BCUT2D eigenvalue weighted by Crippen LogP contribution is 2.28. The third-order valence-electron chi connectivity index (χ3n) is 5.77. The zero-order valence-electron chi connectivity index (χ0n) is 19.9. The number of carbonyl (C=O) groups excluding carboxylic acids is 1. The maximum absolute atomic E-state index is 12.9. The molecule has 35 heavy (non-hydrogen) atoms. The molecular weight excluding hydrogens is 462 g/mol. The van der Waals surface area contributed by atoms with Crippen molar-refractivity contribution in [1.29, 1.82) is 0 Å². The number of benzene rings is 1. The molecule has 1 N–H and O–H groups in total. The van der Waals surface area contributed by atoms with Gasteiger partial charge in [0.15, 0.2) is 16.6 Å². The number of nitrogens with zero attached hydrogens (tertiary/aromatic N) is 6. The molecule has 0 radical (unpaired) electrons. The van der Waals surface area contributed by atoms with Crippen LogP contribution in [0, 0.1) is 13.8 Å². The summed E-state index contributed by atoms with van der Waals surface area (Å²) in [7, 11) is 0. The van der Waals surface area contributed by atoms with Crippen LogP contribution in [0.5, 0.6) is 0 Å². The van der Waals surface area contributed by atoms with Gasteiger partial charge >= 0.3 is 0 Å². The number of aryl methyl sites for hydroxylation is 4. The summed E-state index contributed by atoms with van der Waals surface area (Å²) >= 11 is 1.40. The molecule has 9 nitrogen and oxygen atoms in total. The normalized spacial score (nSPS) is 12.4. The van der Waals surface area contributed by atoms with Gasteiger partial charge in [0.2, 0.25) is 5.91 Å². The second kappa shape index (κ2) is 9.91. The van der Waals surface area contributed by atoms with Crippen molar-refractivity contribution in [1.82, 2.24) is 34.7 Å². The number of amides is 1. The molecule has 4 heterocycles. The molecule has 0 spiro atoms. The number of rotatable bonds is 9. The molecule has 0 fully saturated rings. The van der Waals surface area contributed by atoms with Crippen molar-refractivity contribution in [3.63, 3.8) is 0 Å². The first-order valence-electron chi connectivity index (χ1n) is 11.6. The zero-order valence-corrected chi connectivity index (χ0v) is 20.7. The topological polar surface area (TPSA) is 103 Å². The van der Waals surface area contributed by atoms with Gasteiger partial charge in [-0.05, 0) is 50.6 Å². The van der Waals surface area contributed by atoms with E-state index < -0.39 is 0 Å². The number of carbonyl (C=O) groups is 1. The van der Waals surface area contributed by atoms with Gasteiger partial charge in [0.1, 0.15) is 5.76 Å². The molecule has 1 unspecified atom stereocenters. The van der Waals surface area contributed by atoms with Crippen LogP contribution in [-0.4, -0.2) is 40.5 Å². The summed E-state index contributed by atoms with van der Waals surface area (Å²) in [5, 5.41) is 13.5. The highest BCUT2D eigenvalue weighted by Gasteiger charge is 2.22. The first-order valence-corrected chi connectivity index (χ1v) is 12.5. The van der Waals surface area contributed by atoms with E-state index in [-0.39, 0.29) is 11.2 Å². The van der Waals surface area contributed by atoms with Crippen LogP contribution in [0.1, 0.15) is 36.3 Å². The van der Waals surface area contributed by atoms with Gasteiger partial charge in [-0.2, -0.15) is 9.61 Å². The van der Waals surface area contributed by atoms with E-state index in [1.807, 2.05) is 55.8 Å². The minimum Gasteiger partial charge on any atom is -0.467 e. The van der Waals surface area contributed by atoms with Gasteiger partial charge in [-0.15, -0.1) is 5.10 Å². The van der Waals surface area contributed by atoms with E-state index in [9.17, 15) is 4.79 Å². The minimum atomic E-state index is -0.329. The number of nitrogens with one attached hydrogen (secondary N) is 1. The van der Waals surface area contributed by atoms with Crippen LogP contribution in [0.15, 0.2) is 58.3 Å². The molecule has 0 saturated carbocycles. The molecular formula is C25H27N7O2S. The first kappa shape index (κ1) is 23.1. The summed E-state index contributed by atoms with van der Waals surface area (Å²) in [6.07, 6.45) is 2.88. The Balaban J connectivity index is 1.42. The Labute approximate surface area is 206 Å². The monoisotopic (exact) mass is 489 g/mol. The van der Waals surface area contributed by atoms with E-state index in [2.05, 4.69) is 16.5 Å². The molecule has 5 rings (SSSR count). The van der Waals surface area contributed by atoms with Crippen molar-refractivity contribution < 1.29 is 9.21 Å². The van der Waals surface area contributed by atoms with Gasteiger partial charge in [0.25, 0.3) is 0 Å². The van der Waals surface area contributed by atoms with Crippen LogP contribution in [0.25, 0.3) is 16.6 Å². The number of furan rings is 1. The summed E-state index contributed by atoms with van der Waals surface area (Å²) in [5.74, 6) is 1.36. The Kier molecular flexibility index (Phi) is 6.54. The Bertz CT molecular complexity index is 1470. The fraction of sp³-hybridized carbons (Fsp3) is 0.320. The van der Waals surface area contributed by atoms with Gasteiger partial charge < -0.3 is 9.73 Å². The van der Waals surface area contributed by atoms with Crippen LogP contribution in [0.2, 0.25) is 0 Å². The Morgan fingerprint density at radius 2 is 2.00 bits per heavy atom. The molecule has 5 aromatic rings. The molecule has 0 aliphatic carbocycles. The molecule has 0 aliphatic rings. The smallest absolute Gasteiger partial charge is 0.233 e. The summed E-state index contributed by atoms with van der Waals surface area (Å²) in [6, 6.07) is 13.6. The molecule has 0 saturated heterocycles. The number of para-hydroxylation sites is 1. The number of fused-ring (bicyclic) bond motifs is 3. The third-order valence-corrected chi connectivity index (χ3v) is 7.08. The summed E-state index contributed by atoms with van der Waals surface area (Å²) < 4.78 is 9.07. The van der Waals surface area contributed by atoms with E-state index in [0.717, 1.165) is 27.9 Å². The van der Waals surface area contributed by atoms with Crippen molar-refractivity contribution >= 4 is 34.2 Å². The van der Waals surface area contributed by atoms with Gasteiger partial charge in [-0.3, -0.25) is 9.48 Å². The van der Waals surface area contributed by atoms with E-state index in [1.165, 1.54) is 11.8 Å². The largest absolute Gasteiger partial charge is 0.467 e. The van der Waals surface area contributed by atoms with Crippen LogP contribution in [-0.2, 0) is 24.3 Å². The molecule has 10 heteroatoms. The quantitative estimate of drug-likeness (QED) is 0.245. The van der Waals surface area contributed by atoms with Crippen molar-refractivity contribution in [3.05, 3.63) is 71.7 Å². The Morgan fingerprint density at radius 3 is 2.74 bits per heavy atom. The van der Waals surface area contributed by atoms with E-state index in [0.29, 0.717) is 42.7 Å². The lowest BCUT2D eigenvalue weighted by Crippen LogP contribution is -2.32. The molecule has 0 aliphatic heterocycles. The maximum atomic E-state index is 12.9. The van der Waals surface area contributed by atoms with Gasteiger partial charge in [0.05, 0.1) is 29.3 Å². The van der Waals surface area contributed by atoms with Gasteiger partial charge in [0, 0.05) is 24.0 Å². The number of hydrogen-bond acceptors (Lipinski definition) is 7. The lowest BCUT2D eigenvalue weighted by Gasteiger charge is -2.14. The lowest BCUT2D eigenvalue weighted by atomic mass is 10.2. The second-order valence-corrected chi connectivity index (χ2v) is 9.56. The molecule has 1 aromatic carbocycles. The van der Waals surface area contributed by atoms with Crippen molar-refractivity contribution in [2.45, 2.75) is 57.1 Å². The average molecular weight is 490 g/mol. The van der Waals surface area contributed by atoms with Crippen molar-refractivity contribution in [2.24, 2.45) is 0 Å². The summed E-state index contributed by atoms with van der Waals surface area (Å²) in [5.41, 5.74) is 3.68. The summed E-state index contributed by atoms with van der Waals surface area (Å²) in [4.78, 5) is 22.6. The number of thioether (sulfide) groups is 1. The van der Waals surface area contributed by atoms with Crippen molar-refractivity contribution in [3.8, 4) is 0 Å². The molecule has 1 atom stereocenters. The van der Waals surface area contributed by atoms with Crippen LogP contribution >= 0.6 is 11.8 Å². The second-order valence-electron chi connectivity index (χ2n) is 8.39. The van der Waals surface area contributed by atoms with E-state index in [4.69, 9.17) is 19.5 Å². The SMILES string of the molecule is CCC(Sc1nc2ccccc2c2nc(CCn3nc(C)cc3C)nn12)C(=O)NCc1ccco1. The van der Waals surface area contributed by atoms with Gasteiger partial charge in [-0.1, -0.05) is 30.8 Å². The predicted molar refractivity (Wildman–Crippen MR) is 134 cm³/mol. The summed E-state index contributed by atoms with van der Waals surface area (Å²) in [6.45, 7) is 7.07. The number of aromatic nitrogens is 6. The van der Waals surface area contributed by atoms with Crippen LogP contribution < -0.4 is 5.32 Å². The van der Waals surface area contributed by atoms with Crippen molar-refractivity contribution in [2.75, 3.05) is 0 Å². The highest BCUT2D eigenvalue weighted by molar-refractivity contribution is 8.00. The molecule has 180 valence electrons. The molecule has 4 aromatic heterocycles. The Morgan fingerprint density at radius 1 is 1.14 bits per heavy atom. The van der Waals surface area contributed by atoms with Crippen LogP contribution in [0.4, 0.5) is 0 Å². The fourth-order valence-corrected chi connectivity index (χ4v) is 5.00. The number of hydrogen-bond donors (Lipinski definition) is 1. The standard InChI is InChI=1S/C25H27N7O2S/c1-4-21(24(33)26-15-18-8-7-13-34-18)35-25-27-20-10-6-5-9-19(20)23-28-22(30-32(23)25)11-12-31-17(3)14-16(2)29-31/h5-10,13-14,21H,4,11-12,15H2,1-3H3,(H,26,33). The fourth-order valence-electron chi connectivity index (χ4n) is 4.01. The van der Waals surface area contributed by atoms with Gasteiger partial charge in [-0.25, -0.2) is 9.97 Å². The first-order chi connectivity index (χ1) is 17.0. The predicted octanol–water partition coefficient (Wildman–Crippen LogP) is 4.11. The molecule has 1 amide bonds. The maximum Gasteiger partial charge on any atom is 0.233 e. The minimum absolute atomic E-state index is 0.0677. The lowest BCUT2D eigenvalue weighted by molar-refractivity contribution is -0.120. The average Bonchev–Trinajstić information content (AvgIpc) is 3.59. The van der Waals surface area contributed by atoms with E-state index >= 15 is 0 Å². The highest BCUT2D eigenvalue weighted by atomic mass is 32.2. The Hall–Kier alpha value is -3.66. The van der Waals surface area contributed by atoms with Crippen LogP contribution in [0.3, 0.4) is 0 Å². The molecule has 0 bridgehead atoms. The van der Waals surface area contributed by atoms with E-state index in [1.54, 1.807) is 16.8 Å².